The monoisotopic (exact) mass is 267 g/mol. The summed E-state index contributed by atoms with van der Waals surface area (Å²) in [6.07, 6.45) is 1.95. The van der Waals surface area contributed by atoms with Gasteiger partial charge in [-0.2, -0.15) is 0 Å². The first-order chi connectivity index (χ1) is 8.58. The van der Waals surface area contributed by atoms with Crippen molar-refractivity contribution in [3.05, 3.63) is 35.4 Å². The van der Waals surface area contributed by atoms with Crippen molar-refractivity contribution in [2.24, 2.45) is 5.41 Å². The van der Waals surface area contributed by atoms with E-state index in [0.29, 0.717) is 12.4 Å². The molecule has 0 saturated heterocycles. The molecule has 18 heavy (non-hydrogen) atoms. The quantitative estimate of drug-likeness (QED) is 0.781. The van der Waals surface area contributed by atoms with Crippen LogP contribution in [0.5, 0.6) is 0 Å². The lowest BCUT2D eigenvalue weighted by Crippen LogP contribution is -2.38. The molecule has 0 heterocycles. The number of nitrogens with one attached hydrogen (secondary N) is 1. The van der Waals surface area contributed by atoms with Crippen LogP contribution in [0.3, 0.4) is 0 Å². The Morgan fingerprint density at radius 3 is 2.39 bits per heavy atom. The summed E-state index contributed by atoms with van der Waals surface area (Å²) in [5.41, 5.74) is 1.76. The van der Waals surface area contributed by atoms with Crippen LogP contribution in [0.25, 0.3) is 0 Å². The van der Waals surface area contributed by atoms with Crippen molar-refractivity contribution in [3.63, 3.8) is 0 Å². The van der Waals surface area contributed by atoms with Crippen molar-refractivity contribution in [1.29, 1.82) is 0 Å². The summed E-state index contributed by atoms with van der Waals surface area (Å²) in [7, 11) is 0. The van der Waals surface area contributed by atoms with Gasteiger partial charge in [0.25, 0.3) is 5.91 Å². The fraction of sp³-hybridized carbons (Fsp3) is 0.533. The van der Waals surface area contributed by atoms with Crippen molar-refractivity contribution in [2.45, 2.75) is 33.6 Å². The molecule has 0 aromatic heterocycles. The lowest BCUT2D eigenvalue weighted by molar-refractivity contribution is 0.0931. The molecular weight excluding hydrogens is 246 g/mol. The molecule has 3 heteroatoms. The molecule has 0 saturated carbocycles. The predicted octanol–water partition coefficient (Wildman–Crippen LogP) is 3.77. The molecule has 0 spiro atoms. The van der Waals surface area contributed by atoms with Gasteiger partial charge in [-0.25, -0.2) is 0 Å². The molecule has 1 N–H and O–H groups in total. The number of carbonyl (C=O) groups is 1. The number of alkyl halides is 1. The van der Waals surface area contributed by atoms with Crippen LogP contribution in [-0.4, -0.2) is 18.3 Å². The molecule has 0 aliphatic rings. The summed E-state index contributed by atoms with van der Waals surface area (Å²) in [5.74, 6) is 0.568. The van der Waals surface area contributed by atoms with Crippen molar-refractivity contribution in [3.8, 4) is 0 Å². The van der Waals surface area contributed by atoms with Crippen LogP contribution in [0.1, 0.15) is 42.6 Å². The Morgan fingerprint density at radius 1 is 1.28 bits per heavy atom. The third-order valence-electron chi connectivity index (χ3n) is 3.80. The second-order valence-electron chi connectivity index (χ2n) is 4.84. The lowest BCUT2D eigenvalue weighted by atomic mass is 9.84. The molecule has 0 aliphatic carbocycles. The minimum Gasteiger partial charge on any atom is -0.351 e. The summed E-state index contributed by atoms with van der Waals surface area (Å²) in [5, 5.41) is 3.01. The predicted molar refractivity (Wildman–Crippen MR) is 77.2 cm³/mol. The van der Waals surface area contributed by atoms with Crippen LogP contribution < -0.4 is 5.32 Å². The van der Waals surface area contributed by atoms with Crippen LogP contribution in [0, 0.1) is 12.3 Å². The van der Waals surface area contributed by atoms with E-state index < -0.39 is 0 Å². The molecular formula is C15H22ClNO. The normalized spacial score (nSPS) is 11.3. The number of amides is 1. The summed E-state index contributed by atoms with van der Waals surface area (Å²) in [6, 6.07) is 7.62. The van der Waals surface area contributed by atoms with Crippen LogP contribution in [0.15, 0.2) is 24.3 Å². The van der Waals surface area contributed by atoms with Gasteiger partial charge in [-0.05, 0) is 31.4 Å². The molecule has 0 fully saturated rings. The third kappa shape index (κ3) is 3.49. The van der Waals surface area contributed by atoms with Gasteiger partial charge in [0.2, 0.25) is 0 Å². The van der Waals surface area contributed by atoms with Gasteiger partial charge in [-0.15, -0.1) is 11.6 Å². The zero-order valence-corrected chi connectivity index (χ0v) is 12.2. The standard InChI is InChI=1S/C15H22ClNO/c1-4-15(5-2,10-16)11-17-14(18)13-9-7-6-8-12(13)3/h6-9H,4-5,10-11H2,1-3H3,(H,17,18). The average Bonchev–Trinajstić information content (AvgIpc) is 2.41. The minimum absolute atomic E-state index is 0.00973. The second-order valence-corrected chi connectivity index (χ2v) is 5.11. The first-order valence-electron chi connectivity index (χ1n) is 6.48. The number of aryl methyl sites for hydroxylation is 1. The first-order valence-corrected chi connectivity index (χ1v) is 7.02. The Labute approximate surface area is 115 Å². The average molecular weight is 268 g/mol. The van der Waals surface area contributed by atoms with E-state index in [1.807, 2.05) is 31.2 Å². The Balaban J connectivity index is 2.69. The molecule has 2 nitrogen and oxygen atoms in total. The highest BCUT2D eigenvalue weighted by atomic mass is 35.5. The number of benzene rings is 1. The molecule has 1 rings (SSSR count). The van der Waals surface area contributed by atoms with E-state index in [2.05, 4.69) is 19.2 Å². The van der Waals surface area contributed by atoms with Gasteiger partial charge in [0.15, 0.2) is 0 Å². The van der Waals surface area contributed by atoms with Crippen LogP contribution in [0.4, 0.5) is 0 Å². The number of hydrogen-bond acceptors (Lipinski definition) is 1. The molecule has 1 amide bonds. The van der Waals surface area contributed by atoms with E-state index in [4.69, 9.17) is 11.6 Å². The van der Waals surface area contributed by atoms with Gasteiger partial charge in [0.05, 0.1) is 0 Å². The topological polar surface area (TPSA) is 29.1 Å². The van der Waals surface area contributed by atoms with Crippen molar-refractivity contribution in [1.82, 2.24) is 5.32 Å². The van der Waals surface area contributed by atoms with Crippen molar-refractivity contribution < 1.29 is 4.79 Å². The van der Waals surface area contributed by atoms with Gasteiger partial charge in [0, 0.05) is 23.4 Å². The second kappa shape index (κ2) is 6.79. The Hall–Kier alpha value is -1.02. The fourth-order valence-electron chi connectivity index (χ4n) is 1.93. The number of hydrogen-bond donors (Lipinski definition) is 1. The largest absolute Gasteiger partial charge is 0.351 e. The van der Waals surface area contributed by atoms with E-state index in [9.17, 15) is 4.79 Å². The van der Waals surface area contributed by atoms with Crippen molar-refractivity contribution >= 4 is 17.5 Å². The zero-order valence-electron chi connectivity index (χ0n) is 11.4. The lowest BCUT2D eigenvalue weighted by Gasteiger charge is -2.29. The van der Waals surface area contributed by atoms with E-state index >= 15 is 0 Å². The number of halogens is 1. The fourth-order valence-corrected chi connectivity index (χ4v) is 2.40. The van der Waals surface area contributed by atoms with E-state index in [-0.39, 0.29) is 11.3 Å². The number of rotatable bonds is 6. The van der Waals surface area contributed by atoms with Crippen LogP contribution in [0.2, 0.25) is 0 Å². The molecule has 0 bridgehead atoms. The van der Waals surface area contributed by atoms with Gasteiger partial charge in [-0.3, -0.25) is 4.79 Å². The zero-order chi connectivity index (χ0) is 13.6. The highest BCUT2D eigenvalue weighted by molar-refractivity contribution is 6.18. The van der Waals surface area contributed by atoms with Gasteiger partial charge in [-0.1, -0.05) is 32.0 Å². The summed E-state index contributed by atoms with van der Waals surface area (Å²) < 4.78 is 0. The summed E-state index contributed by atoms with van der Waals surface area (Å²) >= 11 is 6.03. The summed E-state index contributed by atoms with van der Waals surface area (Å²) in [4.78, 5) is 12.1. The third-order valence-corrected chi connectivity index (χ3v) is 4.36. The van der Waals surface area contributed by atoms with Crippen molar-refractivity contribution in [2.75, 3.05) is 12.4 Å². The highest BCUT2D eigenvalue weighted by Gasteiger charge is 2.25. The molecule has 100 valence electrons. The van der Waals surface area contributed by atoms with Gasteiger partial charge >= 0.3 is 0 Å². The first kappa shape index (κ1) is 15.0. The number of carbonyl (C=O) groups excluding carboxylic acids is 1. The molecule has 0 aliphatic heterocycles. The highest BCUT2D eigenvalue weighted by Crippen LogP contribution is 2.27. The Kier molecular flexibility index (Phi) is 5.67. The molecule has 0 atom stereocenters. The Bertz CT molecular complexity index is 391. The molecule has 1 aromatic rings. The maximum absolute atomic E-state index is 12.1. The maximum Gasteiger partial charge on any atom is 0.251 e. The maximum atomic E-state index is 12.1. The van der Waals surface area contributed by atoms with E-state index in [1.165, 1.54) is 0 Å². The van der Waals surface area contributed by atoms with Crippen LogP contribution >= 0.6 is 11.6 Å². The van der Waals surface area contributed by atoms with E-state index in [0.717, 1.165) is 24.0 Å². The molecule has 0 unspecified atom stereocenters. The van der Waals surface area contributed by atoms with Gasteiger partial charge in [0.1, 0.15) is 0 Å². The van der Waals surface area contributed by atoms with Crippen LogP contribution in [-0.2, 0) is 0 Å². The SMILES string of the molecule is CCC(CC)(CCl)CNC(=O)c1ccccc1C. The summed E-state index contributed by atoms with van der Waals surface area (Å²) in [6.45, 7) is 6.82. The minimum atomic E-state index is -0.00973. The van der Waals surface area contributed by atoms with E-state index in [1.54, 1.807) is 0 Å². The van der Waals surface area contributed by atoms with Gasteiger partial charge < -0.3 is 5.32 Å². The Morgan fingerprint density at radius 2 is 1.89 bits per heavy atom. The molecule has 1 aromatic carbocycles. The smallest absolute Gasteiger partial charge is 0.251 e. The molecule has 0 radical (unpaired) electrons.